The number of benzene rings is 1. The molecule has 1 saturated carbocycles. The monoisotopic (exact) mass is 298 g/mol. The second-order valence-corrected chi connectivity index (χ2v) is 7.08. The Morgan fingerprint density at radius 1 is 1.25 bits per heavy atom. The van der Waals surface area contributed by atoms with Crippen molar-refractivity contribution >= 4 is 15.5 Å². The van der Waals surface area contributed by atoms with Crippen LogP contribution in [0.1, 0.15) is 25.7 Å². The maximum absolute atomic E-state index is 13.0. The van der Waals surface area contributed by atoms with Gasteiger partial charge >= 0.3 is 5.97 Å². The lowest BCUT2D eigenvalue weighted by Gasteiger charge is -2.26. The third-order valence-corrected chi connectivity index (χ3v) is 5.38. The van der Waals surface area contributed by atoms with Crippen LogP contribution in [0.15, 0.2) is 18.2 Å². The second-order valence-electron chi connectivity index (χ2n) is 5.50. The van der Waals surface area contributed by atoms with Crippen molar-refractivity contribution in [3.8, 4) is 5.75 Å². The van der Waals surface area contributed by atoms with Gasteiger partial charge in [0.1, 0.15) is 5.75 Å². The van der Waals surface area contributed by atoms with Crippen molar-refractivity contribution in [2.45, 2.75) is 38.3 Å². The van der Waals surface area contributed by atoms with Crippen LogP contribution >= 0.6 is 0 Å². The molecule has 1 aliphatic rings. The number of hydrogen-bond acceptors (Lipinski definition) is 2. The predicted molar refractivity (Wildman–Crippen MR) is 76.7 cm³/mol. The third kappa shape index (κ3) is 3.88. The van der Waals surface area contributed by atoms with E-state index in [-0.39, 0.29) is 27.2 Å². The van der Waals surface area contributed by atoms with Gasteiger partial charge in [-0.15, -0.1) is 0 Å². The molecule has 0 unspecified atom stereocenters. The van der Waals surface area contributed by atoms with Crippen molar-refractivity contribution in [2.75, 3.05) is 0 Å². The summed E-state index contributed by atoms with van der Waals surface area (Å²) < 4.78 is 31.0. The Kier molecular flexibility index (Phi) is 5.28. The van der Waals surface area contributed by atoms with E-state index in [0.717, 1.165) is 43.7 Å². The number of halogens is 2. The smallest absolute Gasteiger partial charge is 0.314 e. The molecule has 1 fully saturated rings. The van der Waals surface area contributed by atoms with Gasteiger partial charge in [-0.05, 0) is 43.7 Å². The zero-order chi connectivity index (χ0) is 14.5. The molecular weight excluding hydrogens is 278 g/mol. The van der Waals surface area contributed by atoms with Crippen LogP contribution in [0.3, 0.4) is 0 Å². The summed E-state index contributed by atoms with van der Waals surface area (Å²) in [6, 6.07) is 4.53. The molecule has 0 saturated heterocycles. The average Bonchev–Trinajstić information content (AvgIpc) is 2.44. The first-order valence-corrected chi connectivity index (χ1v) is 9.68. The Bertz CT molecular complexity index is 471. The lowest BCUT2D eigenvalue weighted by Crippen LogP contribution is -2.26. The highest BCUT2D eigenvalue weighted by atomic mass is 28.2. The van der Waals surface area contributed by atoms with Gasteiger partial charge in [-0.1, -0.05) is 12.6 Å². The van der Waals surface area contributed by atoms with Gasteiger partial charge in [0.15, 0.2) is 11.6 Å². The van der Waals surface area contributed by atoms with Crippen LogP contribution in [0.5, 0.6) is 5.75 Å². The molecular formula is C15H20F2O2Si. The fraction of sp³-hybridized carbons (Fsp3) is 0.533. The Balaban J connectivity index is 1.88. The zero-order valence-electron chi connectivity index (χ0n) is 11.7. The molecule has 5 heteroatoms. The normalized spacial score (nSPS) is 23.1. The highest BCUT2D eigenvalue weighted by molar-refractivity contribution is 6.33. The number of ether oxygens (including phenoxy) is 1. The first-order valence-electron chi connectivity index (χ1n) is 7.27. The first-order chi connectivity index (χ1) is 9.60. The number of carbonyl (C=O) groups excluding carboxylic acids is 1. The first kappa shape index (κ1) is 15.2. The van der Waals surface area contributed by atoms with Crippen LogP contribution in [0.25, 0.3) is 0 Å². The molecule has 0 N–H and O–H groups in total. The Morgan fingerprint density at radius 3 is 2.55 bits per heavy atom. The molecule has 1 aromatic rings. The number of esters is 1. The minimum absolute atomic E-state index is 0.0805. The summed E-state index contributed by atoms with van der Waals surface area (Å²) in [6.45, 7) is 2.31. The number of carbonyl (C=O) groups is 1. The molecule has 0 radical (unpaired) electrons. The molecule has 0 amide bonds. The molecule has 0 atom stereocenters. The van der Waals surface area contributed by atoms with Gasteiger partial charge in [0, 0.05) is 15.6 Å². The summed E-state index contributed by atoms with van der Waals surface area (Å²) in [7, 11) is 0.0840. The second kappa shape index (κ2) is 6.97. The molecule has 1 aliphatic carbocycles. The van der Waals surface area contributed by atoms with E-state index in [1.807, 2.05) is 0 Å². The van der Waals surface area contributed by atoms with Crippen LogP contribution in [-0.4, -0.2) is 15.5 Å². The maximum Gasteiger partial charge on any atom is 0.314 e. The SMILES string of the molecule is C[SiH2]C[C@H]1CC[C@H](C(=O)Oc2ccc(F)c(F)c2)CC1. The van der Waals surface area contributed by atoms with Crippen LogP contribution < -0.4 is 4.74 Å². The van der Waals surface area contributed by atoms with E-state index in [9.17, 15) is 13.6 Å². The molecule has 20 heavy (non-hydrogen) atoms. The van der Waals surface area contributed by atoms with Crippen molar-refractivity contribution < 1.29 is 18.3 Å². The summed E-state index contributed by atoms with van der Waals surface area (Å²) >= 11 is 0. The molecule has 1 aromatic carbocycles. The molecule has 110 valence electrons. The summed E-state index contributed by atoms with van der Waals surface area (Å²) in [6.07, 6.45) is 3.86. The molecule has 0 aliphatic heterocycles. The van der Waals surface area contributed by atoms with Crippen LogP contribution in [0, 0.1) is 23.5 Å². The summed E-state index contributed by atoms with van der Waals surface area (Å²) in [5.41, 5.74) is 0. The molecule has 0 aromatic heterocycles. The standard InChI is InChI=1S/C15H20F2O2Si/c1-20-9-10-2-4-11(5-3-10)15(18)19-12-6-7-13(16)14(17)8-12/h6-8,10-11H,2-5,9,20H2,1H3/t10-,11-. The Hall–Kier alpha value is -1.23. The van der Waals surface area contributed by atoms with E-state index >= 15 is 0 Å². The highest BCUT2D eigenvalue weighted by Crippen LogP contribution is 2.32. The van der Waals surface area contributed by atoms with Gasteiger partial charge in [-0.25, -0.2) is 8.78 Å². The Labute approximate surface area is 120 Å². The Morgan fingerprint density at radius 2 is 1.95 bits per heavy atom. The predicted octanol–water partition coefficient (Wildman–Crippen LogP) is 3.31. The molecule has 0 bridgehead atoms. The van der Waals surface area contributed by atoms with E-state index in [0.29, 0.717) is 0 Å². The number of rotatable bonds is 4. The fourth-order valence-corrected chi connectivity index (χ4v) is 4.23. The molecule has 0 spiro atoms. The zero-order valence-corrected chi connectivity index (χ0v) is 13.1. The summed E-state index contributed by atoms with van der Waals surface area (Å²) in [4.78, 5) is 12.0. The van der Waals surface area contributed by atoms with Gasteiger partial charge in [0.25, 0.3) is 0 Å². The van der Waals surface area contributed by atoms with E-state index < -0.39 is 11.6 Å². The van der Waals surface area contributed by atoms with Crippen LogP contribution in [0.4, 0.5) is 8.78 Å². The van der Waals surface area contributed by atoms with Crippen molar-refractivity contribution in [2.24, 2.45) is 11.8 Å². The quantitative estimate of drug-likeness (QED) is 0.484. The molecule has 2 rings (SSSR count). The van der Waals surface area contributed by atoms with Gasteiger partial charge in [-0.3, -0.25) is 4.79 Å². The van der Waals surface area contributed by atoms with E-state index in [2.05, 4.69) is 6.55 Å². The topological polar surface area (TPSA) is 26.3 Å². The van der Waals surface area contributed by atoms with Crippen molar-refractivity contribution in [1.82, 2.24) is 0 Å². The average molecular weight is 298 g/mol. The minimum Gasteiger partial charge on any atom is -0.426 e. The van der Waals surface area contributed by atoms with Gasteiger partial charge in [0.05, 0.1) is 5.92 Å². The van der Waals surface area contributed by atoms with Crippen LogP contribution in [-0.2, 0) is 4.79 Å². The van der Waals surface area contributed by atoms with E-state index in [1.165, 1.54) is 12.1 Å². The van der Waals surface area contributed by atoms with Gasteiger partial charge in [0.2, 0.25) is 0 Å². The summed E-state index contributed by atoms with van der Waals surface area (Å²) in [5, 5.41) is 0. The van der Waals surface area contributed by atoms with Crippen molar-refractivity contribution in [1.29, 1.82) is 0 Å². The van der Waals surface area contributed by atoms with E-state index in [1.54, 1.807) is 0 Å². The van der Waals surface area contributed by atoms with E-state index in [4.69, 9.17) is 4.74 Å². The summed E-state index contributed by atoms with van der Waals surface area (Å²) in [5.74, 6) is -1.49. The lowest BCUT2D eigenvalue weighted by atomic mass is 9.83. The fourth-order valence-electron chi connectivity index (χ4n) is 2.83. The largest absolute Gasteiger partial charge is 0.426 e. The van der Waals surface area contributed by atoms with Gasteiger partial charge in [-0.2, -0.15) is 0 Å². The third-order valence-electron chi connectivity index (χ3n) is 3.99. The minimum atomic E-state index is -0.994. The maximum atomic E-state index is 13.0. The van der Waals surface area contributed by atoms with Gasteiger partial charge < -0.3 is 4.74 Å². The van der Waals surface area contributed by atoms with Crippen LogP contribution in [0.2, 0.25) is 12.6 Å². The molecule has 0 heterocycles. The highest BCUT2D eigenvalue weighted by Gasteiger charge is 2.27. The number of hydrogen-bond donors (Lipinski definition) is 0. The lowest BCUT2D eigenvalue weighted by molar-refractivity contribution is -0.140. The van der Waals surface area contributed by atoms with Crippen molar-refractivity contribution in [3.05, 3.63) is 29.8 Å². The van der Waals surface area contributed by atoms with Crippen molar-refractivity contribution in [3.63, 3.8) is 0 Å². The molecule has 2 nitrogen and oxygen atoms in total.